The zero-order valence-electron chi connectivity index (χ0n) is 17.7. The van der Waals surface area contributed by atoms with E-state index in [1.807, 2.05) is 26.0 Å². The minimum Gasteiger partial charge on any atom is -0.358 e. The fourth-order valence-corrected chi connectivity index (χ4v) is 3.94. The van der Waals surface area contributed by atoms with Crippen molar-refractivity contribution in [3.63, 3.8) is 0 Å². The first-order valence-corrected chi connectivity index (χ1v) is 10.6. The van der Waals surface area contributed by atoms with Crippen LogP contribution in [-0.2, 0) is 16.4 Å². The number of carbonyl (C=O) groups is 1. The van der Waals surface area contributed by atoms with Crippen molar-refractivity contribution in [1.82, 2.24) is 10.3 Å². The molecule has 0 bridgehead atoms. The van der Waals surface area contributed by atoms with E-state index in [4.69, 9.17) is 0 Å². The molecule has 0 aliphatic carbocycles. The van der Waals surface area contributed by atoms with Crippen LogP contribution in [0, 0.1) is 44.6 Å². The van der Waals surface area contributed by atoms with E-state index in [2.05, 4.69) is 21.7 Å². The largest absolute Gasteiger partial charge is 2.00 e. The van der Waals surface area contributed by atoms with Gasteiger partial charge in [-0.15, -0.1) is 6.07 Å². The number of urea groups is 1. The molecule has 0 fully saturated rings. The fraction of sp³-hybridized carbons (Fsp3) is 0.174. The van der Waals surface area contributed by atoms with Crippen LogP contribution in [0.5, 0.6) is 0 Å². The number of nitrogens with one attached hydrogen (secondary N) is 2. The Morgan fingerprint density at radius 1 is 1.13 bits per heavy atom. The van der Waals surface area contributed by atoms with Gasteiger partial charge < -0.3 is 18.1 Å². The molecule has 0 saturated heterocycles. The molecule has 0 aliphatic rings. The SMILES string of the molecule is CC(C)c1cc[c-]c(S(=O)(=O)c2ccc(NC(=O)NCc3cccnc3)cc2)c1.[CH3-].[U+2]. The average molecular weight is 662 g/mol. The van der Waals surface area contributed by atoms with Gasteiger partial charge in [-0.25, -0.2) is 13.2 Å². The first-order chi connectivity index (χ1) is 13.9. The Labute approximate surface area is 208 Å². The van der Waals surface area contributed by atoms with Crippen molar-refractivity contribution in [2.24, 2.45) is 0 Å². The number of anilines is 1. The number of amides is 2. The van der Waals surface area contributed by atoms with E-state index < -0.39 is 9.84 Å². The molecule has 8 heteroatoms. The van der Waals surface area contributed by atoms with Crippen molar-refractivity contribution in [2.75, 3.05) is 5.32 Å². The Morgan fingerprint density at radius 3 is 2.45 bits per heavy atom. The van der Waals surface area contributed by atoms with Gasteiger partial charge >= 0.3 is 37.1 Å². The molecule has 2 aromatic carbocycles. The summed E-state index contributed by atoms with van der Waals surface area (Å²) < 4.78 is 25.7. The number of carbonyl (C=O) groups excluding carboxylic acids is 1. The summed E-state index contributed by atoms with van der Waals surface area (Å²) in [5, 5.41) is 5.40. The summed E-state index contributed by atoms with van der Waals surface area (Å²) in [7, 11) is -3.68. The molecular weight excluding hydrogens is 636 g/mol. The smallest absolute Gasteiger partial charge is 0.358 e. The molecule has 3 aromatic rings. The minimum absolute atomic E-state index is 0. The quantitative estimate of drug-likeness (QED) is 0.378. The van der Waals surface area contributed by atoms with Gasteiger partial charge in [-0.3, -0.25) is 4.98 Å². The second kappa shape index (κ2) is 12.0. The van der Waals surface area contributed by atoms with Gasteiger partial charge in [0.1, 0.15) is 0 Å². The summed E-state index contributed by atoms with van der Waals surface area (Å²) in [5.74, 6) is 0.218. The van der Waals surface area contributed by atoms with Gasteiger partial charge in [0.05, 0.1) is 4.90 Å². The molecule has 0 atom stereocenters. The molecule has 0 saturated carbocycles. The molecule has 31 heavy (non-hydrogen) atoms. The topological polar surface area (TPSA) is 88.2 Å². The van der Waals surface area contributed by atoms with Crippen molar-refractivity contribution >= 4 is 21.6 Å². The Kier molecular flexibility index (Phi) is 10.4. The summed E-state index contributed by atoms with van der Waals surface area (Å²) >= 11 is 0. The molecule has 0 spiro atoms. The minimum atomic E-state index is -3.68. The van der Waals surface area contributed by atoms with Gasteiger partial charge in [0.25, 0.3) is 0 Å². The van der Waals surface area contributed by atoms with Crippen LogP contribution in [0.25, 0.3) is 0 Å². The van der Waals surface area contributed by atoms with E-state index in [9.17, 15) is 13.2 Å². The molecule has 0 aliphatic heterocycles. The van der Waals surface area contributed by atoms with E-state index >= 15 is 0 Å². The zero-order valence-corrected chi connectivity index (χ0v) is 22.7. The molecule has 1 aromatic heterocycles. The third-order valence-corrected chi connectivity index (χ3v) is 6.06. The van der Waals surface area contributed by atoms with Crippen molar-refractivity contribution in [3.8, 4) is 0 Å². The van der Waals surface area contributed by atoms with E-state index in [0.29, 0.717) is 12.2 Å². The average Bonchev–Trinajstić information content (AvgIpc) is 2.73. The van der Waals surface area contributed by atoms with Crippen LogP contribution in [0.2, 0.25) is 0 Å². The molecule has 2 N–H and O–H groups in total. The summed E-state index contributed by atoms with van der Waals surface area (Å²) in [6.45, 7) is 4.35. The second-order valence-corrected chi connectivity index (χ2v) is 8.76. The Morgan fingerprint density at radius 2 is 1.84 bits per heavy atom. The van der Waals surface area contributed by atoms with Crippen LogP contribution in [0.4, 0.5) is 10.5 Å². The molecule has 6 nitrogen and oxygen atoms in total. The van der Waals surface area contributed by atoms with Crippen molar-refractivity contribution in [1.29, 1.82) is 0 Å². The van der Waals surface area contributed by atoms with Crippen molar-refractivity contribution in [3.05, 3.63) is 91.6 Å². The molecule has 2 amide bonds. The van der Waals surface area contributed by atoms with Gasteiger partial charge in [0.15, 0.2) is 9.84 Å². The van der Waals surface area contributed by atoms with Crippen LogP contribution in [0.15, 0.2) is 76.8 Å². The molecule has 0 radical (unpaired) electrons. The second-order valence-electron chi connectivity index (χ2n) is 6.84. The number of aromatic nitrogens is 1. The number of rotatable bonds is 6. The van der Waals surface area contributed by atoms with Crippen LogP contribution >= 0.6 is 0 Å². The van der Waals surface area contributed by atoms with Gasteiger partial charge in [-0.1, -0.05) is 19.9 Å². The number of benzene rings is 2. The zero-order chi connectivity index (χ0) is 20.9. The Bertz CT molecular complexity index is 1090. The normalized spacial score (nSPS) is 10.5. The van der Waals surface area contributed by atoms with Gasteiger partial charge in [-0.2, -0.15) is 23.8 Å². The van der Waals surface area contributed by atoms with Gasteiger partial charge in [0.2, 0.25) is 0 Å². The number of hydrogen-bond acceptors (Lipinski definition) is 4. The van der Waals surface area contributed by atoms with Crippen LogP contribution < -0.4 is 10.6 Å². The first kappa shape index (κ1) is 26.9. The molecule has 0 unspecified atom stereocenters. The maximum Gasteiger partial charge on any atom is 2.00 e. The molecular formula is C23H25N3O3SU. The molecule has 1 heterocycles. The fourth-order valence-electron chi connectivity index (χ4n) is 2.68. The van der Waals surface area contributed by atoms with Crippen LogP contribution in [0.3, 0.4) is 0 Å². The molecule has 3 rings (SSSR count). The Hall–Kier alpha value is -2.14. The summed E-state index contributed by atoms with van der Waals surface area (Å²) in [6.07, 6.45) is 3.33. The summed E-state index contributed by atoms with van der Waals surface area (Å²) in [6, 6.07) is 17.3. The third kappa shape index (κ3) is 7.20. The maximum absolute atomic E-state index is 12.9. The van der Waals surface area contributed by atoms with Gasteiger partial charge in [0, 0.05) is 24.6 Å². The van der Waals surface area contributed by atoms with E-state index in [1.165, 1.54) is 12.1 Å². The number of pyridine rings is 1. The van der Waals surface area contributed by atoms with Crippen molar-refractivity contribution < 1.29 is 44.3 Å². The van der Waals surface area contributed by atoms with Crippen molar-refractivity contribution in [2.45, 2.75) is 36.1 Å². The predicted molar refractivity (Wildman–Crippen MR) is 118 cm³/mol. The van der Waals surface area contributed by atoms with Crippen LogP contribution in [0.1, 0.15) is 30.9 Å². The number of hydrogen-bond donors (Lipinski definition) is 2. The predicted octanol–water partition coefficient (Wildman–Crippen LogP) is 4.61. The van der Waals surface area contributed by atoms with Crippen LogP contribution in [-0.4, -0.2) is 19.4 Å². The maximum atomic E-state index is 12.9. The van der Waals surface area contributed by atoms with E-state index in [0.717, 1.165) is 11.1 Å². The standard InChI is InChI=1S/C22H22N3O3S.CH3.U/c1-16(2)18-6-3-7-21(13-18)29(27,28)20-10-8-19(9-11-20)25-22(26)24-15-17-5-4-12-23-14-17;;/h3-6,8-14,16H,15H2,1-2H3,(H2,24,25,26);1H3;/q2*-1;+2. The Balaban J connectivity index is 0.00000240. The number of sulfone groups is 1. The first-order valence-electron chi connectivity index (χ1n) is 9.17. The van der Waals surface area contributed by atoms with E-state index in [-0.39, 0.29) is 60.3 Å². The summed E-state index contributed by atoms with van der Waals surface area (Å²) in [4.78, 5) is 16.3. The third-order valence-electron chi connectivity index (χ3n) is 4.35. The summed E-state index contributed by atoms with van der Waals surface area (Å²) in [5.41, 5.74) is 2.31. The monoisotopic (exact) mass is 661 g/mol. The van der Waals surface area contributed by atoms with Gasteiger partial charge in [-0.05, 0) is 46.7 Å². The molecule has 160 valence electrons. The number of nitrogens with zero attached hydrogens (tertiary/aromatic N) is 1. The van der Waals surface area contributed by atoms with E-state index in [1.54, 1.807) is 42.7 Å².